The Morgan fingerprint density at radius 1 is 0.486 bits per heavy atom. The van der Waals surface area contributed by atoms with Crippen molar-refractivity contribution in [3.8, 4) is 0 Å². The van der Waals surface area contributed by atoms with Crippen molar-refractivity contribution < 1.29 is 20.4 Å². The predicted octanol–water partition coefficient (Wildman–Crippen LogP) is 7.60. The minimum atomic E-state index is -0.348. The maximum Gasteiger partial charge on any atom is 2.00 e. The summed E-state index contributed by atoms with van der Waals surface area (Å²) in [7, 11) is -0.696. The van der Waals surface area contributed by atoms with Crippen LogP contribution in [0.25, 0.3) is 0 Å². The van der Waals surface area contributed by atoms with Gasteiger partial charge in [0.25, 0.3) is 0 Å². The number of hydrogen-bond donors (Lipinski definition) is 0. The molecule has 5 rings (SSSR count). The van der Waals surface area contributed by atoms with Gasteiger partial charge in [0.2, 0.25) is 0 Å². The number of rotatable bonds is 7. The Bertz CT molecular complexity index is 1190. The monoisotopic (exact) mass is 700 g/mol. The summed E-state index contributed by atoms with van der Waals surface area (Å²) in [5.41, 5.74) is 0. The summed E-state index contributed by atoms with van der Waals surface area (Å²) in [6.45, 7) is 0. The van der Waals surface area contributed by atoms with E-state index in [0.717, 1.165) is 11.6 Å². The zero-order valence-electron chi connectivity index (χ0n) is 19.7. The molecule has 0 aliphatic heterocycles. The van der Waals surface area contributed by atoms with Crippen molar-refractivity contribution in [3.05, 3.63) is 124 Å². The first-order chi connectivity index (χ1) is 17.6. The second-order valence-corrected chi connectivity index (χ2v) is 16.9. The molecule has 0 spiro atoms. The molecular weight excluding hydrogens is 677 g/mol. The quantitative estimate of drug-likeness (QED) is 0.0744. The van der Waals surface area contributed by atoms with Crippen LogP contribution in [0.5, 0.6) is 0 Å². The molecule has 8 heteroatoms. The van der Waals surface area contributed by atoms with Crippen LogP contribution in [-0.2, 0) is 45.7 Å². The van der Waals surface area contributed by atoms with E-state index >= 15 is 0 Å². The van der Waals surface area contributed by atoms with Gasteiger partial charge in [-0.2, -0.15) is 0 Å². The minimum absolute atomic E-state index is 0. The Morgan fingerprint density at radius 3 is 0.919 bits per heavy atom. The summed E-state index contributed by atoms with van der Waals surface area (Å²) >= 11 is 17.3. The van der Waals surface area contributed by atoms with E-state index in [-0.39, 0.29) is 36.3 Å². The molecule has 37 heavy (non-hydrogen) atoms. The van der Waals surface area contributed by atoms with E-state index in [2.05, 4.69) is 121 Å². The van der Waals surface area contributed by atoms with Crippen LogP contribution in [0.2, 0.25) is 0 Å². The fourth-order valence-corrected chi connectivity index (χ4v) is 12.3. The average Bonchev–Trinajstić information content (AvgIpc) is 3.23. The van der Waals surface area contributed by atoms with Crippen LogP contribution in [0.4, 0.5) is 0 Å². The third-order valence-electron chi connectivity index (χ3n) is 5.34. The predicted molar refractivity (Wildman–Crippen MR) is 172 cm³/mol. The molecule has 0 fully saturated rings. The van der Waals surface area contributed by atoms with Crippen molar-refractivity contribution in [3.63, 3.8) is 0 Å². The molecule has 1 aromatic heterocycles. The van der Waals surface area contributed by atoms with Crippen molar-refractivity contribution in [2.45, 2.75) is 8.42 Å². The molecule has 0 radical (unpaired) electrons. The molecule has 0 unspecified atom stereocenters. The van der Waals surface area contributed by atoms with Crippen molar-refractivity contribution in [2.75, 3.05) is 12.3 Å². The Labute approximate surface area is 260 Å². The molecule has 0 atom stereocenters. The van der Waals surface area contributed by atoms with E-state index < -0.39 is 0 Å². The van der Waals surface area contributed by atoms with Crippen LogP contribution < -0.4 is 21.2 Å². The standard InChI is InChI=1S/C26H24P2.C3H2S5.Pd/c1-5-13-23(14-6-1)27(24-15-7-2-8-16-24)21-22-28(25-17-9-3-10-18-25)26-19-11-4-12-20-26;4-1-2(5)8-3(6)7-1;/h1-20H,21-22H2;4-5H;/q;;+2/p-2. The van der Waals surface area contributed by atoms with Crippen molar-refractivity contribution >= 4 is 97.2 Å². The molecule has 0 N–H and O–H groups in total. The van der Waals surface area contributed by atoms with Crippen molar-refractivity contribution in [1.82, 2.24) is 0 Å². The first-order valence-electron chi connectivity index (χ1n) is 11.3. The first-order valence-corrected chi connectivity index (χ1v) is 17.3. The first kappa shape index (κ1) is 30.7. The van der Waals surface area contributed by atoms with Crippen LogP contribution in [0.15, 0.2) is 130 Å². The van der Waals surface area contributed by atoms with E-state index in [1.807, 2.05) is 0 Å². The fourth-order valence-electron chi connectivity index (χ4n) is 3.70. The average molecular weight is 701 g/mol. The largest absolute Gasteiger partial charge is 2.00 e. The molecule has 5 aromatic rings. The third-order valence-corrected chi connectivity index (χ3v) is 14.3. The van der Waals surface area contributed by atoms with Gasteiger partial charge < -0.3 is 47.9 Å². The fraction of sp³-hybridized carbons (Fsp3) is 0.0690. The van der Waals surface area contributed by atoms with Gasteiger partial charge in [-0.3, -0.25) is 0 Å². The Hall–Kier alpha value is -0.888. The zero-order valence-corrected chi connectivity index (χ0v) is 27.1. The maximum atomic E-state index is 4.83. The van der Waals surface area contributed by atoms with E-state index in [9.17, 15) is 0 Å². The van der Waals surface area contributed by atoms with Gasteiger partial charge in [0, 0.05) is 0 Å². The van der Waals surface area contributed by atoms with Crippen molar-refractivity contribution in [2.24, 2.45) is 0 Å². The van der Waals surface area contributed by atoms with E-state index in [0.29, 0.717) is 0 Å². The van der Waals surface area contributed by atoms with Gasteiger partial charge in [-0.1, -0.05) is 121 Å². The van der Waals surface area contributed by atoms with E-state index in [1.165, 1.54) is 56.2 Å². The van der Waals surface area contributed by atoms with Crippen LogP contribution in [0, 0.1) is 3.14 Å². The minimum Gasteiger partial charge on any atom is -0.429 e. The molecule has 1 heterocycles. The maximum absolute atomic E-state index is 4.83. The summed E-state index contributed by atoms with van der Waals surface area (Å²) in [4.78, 5) is 0. The summed E-state index contributed by atoms with van der Waals surface area (Å²) < 4.78 is 2.35. The number of hydrogen-bond acceptors (Lipinski definition) is 5. The second-order valence-electron chi connectivity index (χ2n) is 7.67. The Kier molecular flexibility index (Phi) is 13.5. The summed E-state index contributed by atoms with van der Waals surface area (Å²) in [5.74, 6) is 0. The Balaban J connectivity index is 0.000000363. The normalized spacial score (nSPS) is 10.4. The van der Waals surface area contributed by atoms with Crippen LogP contribution >= 0.6 is 50.7 Å². The van der Waals surface area contributed by atoms with Crippen LogP contribution in [-0.4, -0.2) is 12.3 Å². The van der Waals surface area contributed by atoms with Gasteiger partial charge in [0.15, 0.2) is 0 Å². The molecule has 190 valence electrons. The van der Waals surface area contributed by atoms with Gasteiger partial charge >= 0.3 is 20.4 Å². The van der Waals surface area contributed by atoms with E-state index in [4.69, 9.17) is 37.5 Å². The molecule has 0 bridgehead atoms. The van der Waals surface area contributed by atoms with Gasteiger partial charge in [-0.05, 0) is 52.5 Å². The van der Waals surface area contributed by atoms with Crippen LogP contribution in [0.1, 0.15) is 0 Å². The molecule has 0 saturated carbocycles. The van der Waals surface area contributed by atoms with Crippen LogP contribution in [0.3, 0.4) is 0 Å². The van der Waals surface area contributed by atoms with Gasteiger partial charge in [-0.25, -0.2) is 0 Å². The SMILES string of the molecule is S=c1sc([S-])c([S-])s1.[Pd+2].c1ccc(P(CCP(c2ccccc2)c2ccccc2)c2ccccc2)cc1. The molecule has 0 aliphatic carbocycles. The molecular formula is C29H24P2PdS5. The van der Waals surface area contributed by atoms with Gasteiger partial charge in [0.1, 0.15) is 0 Å². The third kappa shape index (κ3) is 9.37. The zero-order chi connectivity index (χ0) is 25.2. The topological polar surface area (TPSA) is 0 Å². The van der Waals surface area contributed by atoms with E-state index in [1.54, 1.807) is 0 Å². The molecule has 0 amide bonds. The molecule has 0 saturated heterocycles. The second kappa shape index (κ2) is 16.3. The Morgan fingerprint density at radius 2 is 0.730 bits per heavy atom. The summed E-state index contributed by atoms with van der Waals surface area (Å²) in [6.07, 6.45) is 2.41. The van der Waals surface area contributed by atoms with Gasteiger partial charge in [-0.15, -0.1) is 20.6 Å². The molecule has 4 aromatic carbocycles. The van der Waals surface area contributed by atoms with Gasteiger partial charge in [0.05, 0.1) is 0 Å². The molecule has 0 nitrogen and oxygen atoms in total. The number of benzene rings is 4. The smallest absolute Gasteiger partial charge is 0.429 e. The molecule has 0 aliphatic rings. The summed E-state index contributed by atoms with van der Waals surface area (Å²) in [6, 6.07) is 44.2. The summed E-state index contributed by atoms with van der Waals surface area (Å²) in [5, 5.41) is 5.89. The van der Waals surface area contributed by atoms with Crippen molar-refractivity contribution in [1.29, 1.82) is 0 Å².